The van der Waals surface area contributed by atoms with Gasteiger partial charge in [0.15, 0.2) is 12.4 Å². The van der Waals surface area contributed by atoms with Crippen molar-refractivity contribution in [2.75, 3.05) is 18.2 Å². The number of aromatic nitrogens is 3. The third-order valence-corrected chi connectivity index (χ3v) is 3.96. The molecule has 7 nitrogen and oxygen atoms in total. The Morgan fingerprint density at radius 2 is 2.00 bits per heavy atom. The molecule has 1 aromatic carbocycles. The van der Waals surface area contributed by atoms with Gasteiger partial charge in [0.05, 0.1) is 5.75 Å². The molecule has 0 saturated heterocycles. The highest BCUT2D eigenvalue weighted by Crippen LogP contribution is 2.23. The fourth-order valence-electron chi connectivity index (χ4n) is 1.88. The standard InChI is InChI=1S/C14H12N4O3S/c15-18-13(9-4-2-1-3-5-9)16-17-14(18)22-8-10-6-11(19)12(20)7-21-10/h1-6H,7-8,15H2. The number of ketones is 2. The van der Waals surface area contributed by atoms with E-state index in [0.29, 0.717) is 22.5 Å². The molecule has 2 heterocycles. The van der Waals surface area contributed by atoms with Crippen molar-refractivity contribution >= 4 is 23.3 Å². The number of nitrogens with zero attached hydrogens (tertiary/aromatic N) is 3. The summed E-state index contributed by atoms with van der Waals surface area (Å²) in [7, 11) is 0. The second-order valence-corrected chi connectivity index (χ2v) is 5.46. The van der Waals surface area contributed by atoms with Crippen molar-refractivity contribution in [3.8, 4) is 11.4 Å². The van der Waals surface area contributed by atoms with Gasteiger partial charge in [-0.1, -0.05) is 42.1 Å². The van der Waals surface area contributed by atoms with Crippen LogP contribution in [0.3, 0.4) is 0 Å². The van der Waals surface area contributed by atoms with E-state index in [1.165, 1.54) is 22.5 Å². The van der Waals surface area contributed by atoms with E-state index in [2.05, 4.69) is 10.2 Å². The highest BCUT2D eigenvalue weighted by atomic mass is 32.2. The topological polar surface area (TPSA) is 100 Å². The SMILES string of the molecule is Nn1c(SCC2=CC(=O)C(=O)CO2)nnc1-c1ccccc1. The molecular weight excluding hydrogens is 304 g/mol. The van der Waals surface area contributed by atoms with Crippen molar-refractivity contribution in [2.24, 2.45) is 0 Å². The van der Waals surface area contributed by atoms with Gasteiger partial charge in [-0.15, -0.1) is 10.2 Å². The van der Waals surface area contributed by atoms with Gasteiger partial charge in [0.2, 0.25) is 16.7 Å². The second kappa shape index (κ2) is 6.02. The molecule has 0 saturated carbocycles. The molecule has 0 radical (unpaired) electrons. The molecule has 1 aromatic heterocycles. The van der Waals surface area contributed by atoms with E-state index in [1.807, 2.05) is 30.3 Å². The minimum atomic E-state index is -0.541. The van der Waals surface area contributed by atoms with Gasteiger partial charge in [-0.25, -0.2) is 4.68 Å². The first-order chi connectivity index (χ1) is 10.6. The number of allylic oxidation sites excluding steroid dienone is 1. The lowest BCUT2D eigenvalue weighted by Gasteiger charge is -2.12. The van der Waals surface area contributed by atoms with Crippen LogP contribution < -0.4 is 5.84 Å². The Kier molecular flexibility index (Phi) is 3.92. The quantitative estimate of drug-likeness (QED) is 0.506. The predicted molar refractivity (Wildman–Crippen MR) is 80.4 cm³/mol. The third-order valence-electron chi connectivity index (χ3n) is 3.00. The molecule has 0 spiro atoms. The fraction of sp³-hybridized carbons (Fsp3) is 0.143. The number of carbonyl (C=O) groups is 2. The van der Waals surface area contributed by atoms with Gasteiger partial charge in [0.1, 0.15) is 5.76 Å². The van der Waals surface area contributed by atoms with Crippen molar-refractivity contribution in [1.29, 1.82) is 0 Å². The molecule has 8 heteroatoms. The molecule has 0 bridgehead atoms. The first-order valence-electron chi connectivity index (χ1n) is 6.44. The van der Waals surface area contributed by atoms with Gasteiger partial charge in [-0.05, 0) is 0 Å². The smallest absolute Gasteiger partial charge is 0.240 e. The van der Waals surface area contributed by atoms with Gasteiger partial charge >= 0.3 is 0 Å². The number of rotatable bonds is 4. The predicted octanol–water partition coefficient (Wildman–Crippen LogP) is 0.803. The Morgan fingerprint density at radius 3 is 2.73 bits per heavy atom. The number of hydrogen-bond acceptors (Lipinski definition) is 7. The van der Waals surface area contributed by atoms with Crippen LogP contribution >= 0.6 is 11.8 Å². The Bertz CT molecular complexity index is 755. The second-order valence-electron chi connectivity index (χ2n) is 4.52. The van der Waals surface area contributed by atoms with Gasteiger partial charge < -0.3 is 10.6 Å². The maximum Gasteiger partial charge on any atom is 0.240 e. The lowest BCUT2D eigenvalue weighted by atomic mass is 10.2. The van der Waals surface area contributed by atoms with Crippen LogP contribution in [0.25, 0.3) is 11.4 Å². The molecule has 0 aliphatic carbocycles. The number of nitrogen functional groups attached to an aromatic ring is 1. The van der Waals surface area contributed by atoms with E-state index in [0.717, 1.165) is 5.56 Å². The summed E-state index contributed by atoms with van der Waals surface area (Å²) in [5, 5.41) is 8.58. The maximum atomic E-state index is 11.3. The Labute approximate surface area is 130 Å². The van der Waals surface area contributed by atoms with E-state index in [4.69, 9.17) is 10.6 Å². The lowest BCUT2D eigenvalue weighted by molar-refractivity contribution is -0.137. The van der Waals surface area contributed by atoms with E-state index in [-0.39, 0.29) is 6.61 Å². The summed E-state index contributed by atoms with van der Waals surface area (Å²) in [5.74, 6) is 6.24. The van der Waals surface area contributed by atoms with Crippen molar-refractivity contribution in [3.05, 3.63) is 42.2 Å². The summed E-state index contributed by atoms with van der Waals surface area (Å²) in [6, 6.07) is 9.46. The van der Waals surface area contributed by atoms with Crippen molar-refractivity contribution in [1.82, 2.24) is 14.9 Å². The number of nitrogens with two attached hydrogens (primary N) is 1. The number of carbonyl (C=O) groups excluding carboxylic acids is 2. The Hall–Kier alpha value is -2.61. The van der Waals surface area contributed by atoms with E-state index in [9.17, 15) is 9.59 Å². The molecule has 3 rings (SSSR count). The summed E-state index contributed by atoms with van der Waals surface area (Å²) in [6.07, 6.45) is 1.20. The first-order valence-corrected chi connectivity index (χ1v) is 7.43. The van der Waals surface area contributed by atoms with E-state index >= 15 is 0 Å². The molecule has 0 amide bonds. The van der Waals surface area contributed by atoms with Crippen LogP contribution in [0.2, 0.25) is 0 Å². The van der Waals surface area contributed by atoms with E-state index < -0.39 is 11.6 Å². The zero-order valence-electron chi connectivity index (χ0n) is 11.4. The van der Waals surface area contributed by atoms with Crippen LogP contribution in [0.15, 0.2) is 47.3 Å². The monoisotopic (exact) mass is 316 g/mol. The molecule has 0 atom stereocenters. The molecule has 22 heavy (non-hydrogen) atoms. The molecule has 2 aromatic rings. The van der Waals surface area contributed by atoms with Crippen LogP contribution in [0, 0.1) is 0 Å². The average molecular weight is 316 g/mol. The van der Waals surface area contributed by atoms with Crippen molar-refractivity contribution < 1.29 is 14.3 Å². The largest absolute Gasteiger partial charge is 0.489 e. The van der Waals surface area contributed by atoms with Crippen molar-refractivity contribution in [3.63, 3.8) is 0 Å². The molecule has 1 aliphatic heterocycles. The highest BCUT2D eigenvalue weighted by molar-refractivity contribution is 7.99. The van der Waals surface area contributed by atoms with Gasteiger partial charge in [-0.2, -0.15) is 0 Å². The molecule has 1 aliphatic rings. The number of ether oxygens (including phenoxy) is 1. The summed E-state index contributed by atoms with van der Waals surface area (Å²) >= 11 is 1.28. The zero-order valence-corrected chi connectivity index (χ0v) is 12.2. The lowest BCUT2D eigenvalue weighted by Crippen LogP contribution is -2.23. The van der Waals surface area contributed by atoms with Crippen LogP contribution in [0.4, 0.5) is 0 Å². The molecule has 0 unspecified atom stereocenters. The summed E-state index contributed by atoms with van der Waals surface area (Å²) < 4.78 is 6.57. The minimum Gasteiger partial charge on any atom is -0.489 e. The van der Waals surface area contributed by atoms with Gasteiger partial charge in [-0.3, -0.25) is 9.59 Å². The van der Waals surface area contributed by atoms with Crippen LogP contribution in [-0.4, -0.2) is 38.8 Å². The zero-order chi connectivity index (χ0) is 15.5. The number of Topliss-reactive ketones (excluding diaryl/α,β-unsaturated/α-hetero) is 1. The molecular formula is C14H12N4O3S. The molecule has 112 valence electrons. The maximum absolute atomic E-state index is 11.3. The highest BCUT2D eigenvalue weighted by Gasteiger charge is 2.21. The number of hydrogen-bond donors (Lipinski definition) is 1. The van der Waals surface area contributed by atoms with Crippen molar-refractivity contribution in [2.45, 2.75) is 5.16 Å². The Morgan fingerprint density at radius 1 is 1.23 bits per heavy atom. The fourth-order valence-corrected chi connectivity index (χ4v) is 2.64. The first kappa shape index (κ1) is 14.3. The third kappa shape index (κ3) is 2.86. The molecule has 2 N–H and O–H groups in total. The summed E-state index contributed by atoms with van der Waals surface area (Å²) in [6.45, 7) is -0.212. The normalized spacial score (nSPS) is 14.6. The average Bonchev–Trinajstić information content (AvgIpc) is 2.90. The summed E-state index contributed by atoms with van der Waals surface area (Å²) in [5.41, 5.74) is 0.859. The van der Waals surface area contributed by atoms with Gasteiger partial charge in [0.25, 0.3) is 0 Å². The van der Waals surface area contributed by atoms with Crippen LogP contribution in [-0.2, 0) is 14.3 Å². The number of thioether (sulfide) groups is 1. The molecule has 0 fully saturated rings. The van der Waals surface area contributed by atoms with E-state index in [1.54, 1.807) is 0 Å². The van der Waals surface area contributed by atoms with Gasteiger partial charge in [0, 0.05) is 11.6 Å². The summed E-state index contributed by atoms with van der Waals surface area (Å²) in [4.78, 5) is 22.4. The minimum absolute atomic E-state index is 0.212. The Balaban J connectivity index is 1.72. The number of benzene rings is 1. The van der Waals surface area contributed by atoms with Crippen LogP contribution in [0.1, 0.15) is 0 Å². The van der Waals surface area contributed by atoms with Crippen LogP contribution in [0.5, 0.6) is 0 Å².